The number of unbranched alkanes of at least 4 members (excludes halogenated alkanes) is 27. The Kier molecular flexibility index (Phi) is 49.8. The van der Waals surface area contributed by atoms with E-state index in [4.69, 9.17) is 24.4 Å². The number of carboxylic acid groups (broad SMARTS) is 2. The van der Waals surface area contributed by atoms with E-state index in [-0.39, 0.29) is 25.6 Å². The van der Waals surface area contributed by atoms with Crippen molar-refractivity contribution in [1.82, 2.24) is 4.90 Å². The van der Waals surface area contributed by atoms with Gasteiger partial charge < -0.3 is 29.3 Å². The Hall–Kier alpha value is -3.40. The molecule has 0 aromatic rings. The van der Waals surface area contributed by atoms with Crippen LogP contribution in [0.1, 0.15) is 264 Å². The fourth-order valence-electron chi connectivity index (χ4n) is 8.36. The van der Waals surface area contributed by atoms with Gasteiger partial charge in [0.05, 0.1) is 6.61 Å². The zero-order valence-electron chi connectivity index (χ0n) is 44.7. The summed E-state index contributed by atoms with van der Waals surface area (Å²) in [5.74, 6) is -1.83. The van der Waals surface area contributed by atoms with Crippen molar-refractivity contribution in [3.05, 3.63) is 48.6 Å². The predicted molar refractivity (Wildman–Crippen MR) is 287 cm³/mol. The first-order valence-electron chi connectivity index (χ1n) is 28.4. The van der Waals surface area contributed by atoms with E-state index in [0.29, 0.717) is 12.8 Å². The van der Waals surface area contributed by atoms with Crippen molar-refractivity contribution in [3.8, 4) is 0 Å². The lowest BCUT2D eigenvalue weighted by Crippen LogP contribution is -2.33. The van der Waals surface area contributed by atoms with E-state index in [1.165, 1.54) is 44.9 Å². The second-order valence-electron chi connectivity index (χ2n) is 19.6. The molecule has 0 radical (unpaired) electrons. The molecule has 0 spiro atoms. The molecule has 0 rings (SSSR count). The van der Waals surface area contributed by atoms with Gasteiger partial charge in [0.25, 0.3) is 0 Å². The first-order chi connectivity index (χ1) is 33.6. The van der Waals surface area contributed by atoms with Crippen molar-refractivity contribution in [2.45, 2.75) is 276 Å². The highest BCUT2D eigenvalue weighted by Crippen LogP contribution is 2.21. The second-order valence-corrected chi connectivity index (χ2v) is 19.6. The van der Waals surface area contributed by atoms with E-state index in [2.05, 4.69) is 55.5 Å². The Morgan fingerprint density at radius 3 is 1.19 bits per heavy atom. The molecule has 2 unspecified atom stereocenters. The van der Waals surface area contributed by atoms with Crippen molar-refractivity contribution in [2.24, 2.45) is 0 Å². The first kappa shape index (κ1) is 65.6. The van der Waals surface area contributed by atoms with Crippen molar-refractivity contribution in [1.29, 1.82) is 0 Å². The van der Waals surface area contributed by atoms with Crippen LogP contribution in [0, 0.1) is 0 Å². The zero-order chi connectivity index (χ0) is 50.5. The average Bonchev–Trinajstić information content (AvgIpc) is 3.31. The summed E-state index contributed by atoms with van der Waals surface area (Å²) in [6, 6.07) is 0. The van der Waals surface area contributed by atoms with Crippen LogP contribution >= 0.6 is 0 Å². The fourth-order valence-corrected chi connectivity index (χ4v) is 8.36. The molecule has 0 saturated heterocycles. The third-order valence-corrected chi connectivity index (χ3v) is 12.6. The van der Waals surface area contributed by atoms with Crippen LogP contribution in [-0.2, 0) is 28.6 Å². The minimum absolute atomic E-state index is 0.195. The summed E-state index contributed by atoms with van der Waals surface area (Å²) in [6.07, 6.45) is 56.8. The van der Waals surface area contributed by atoms with Gasteiger partial charge in [0, 0.05) is 19.4 Å². The Bertz CT molecular complexity index is 1250. The molecule has 0 saturated carbocycles. The fraction of sp³-hybridized carbons (Fsp3) is 0.797. The molecule has 0 aromatic carbocycles. The van der Waals surface area contributed by atoms with Gasteiger partial charge in [-0.3, -0.25) is 9.59 Å². The van der Waals surface area contributed by atoms with Gasteiger partial charge in [-0.15, -0.1) is 0 Å². The summed E-state index contributed by atoms with van der Waals surface area (Å²) in [5.41, 5.74) is 0. The van der Waals surface area contributed by atoms with Gasteiger partial charge in [0.15, 0.2) is 0 Å². The molecule has 0 aliphatic heterocycles. The van der Waals surface area contributed by atoms with E-state index in [9.17, 15) is 19.2 Å². The van der Waals surface area contributed by atoms with E-state index in [1.54, 1.807) is 0 Å². The Morgan fingerprint density at radius 1 is 0.435 bits per heavy atom. The maximum Gasteiger partial charge on any atom is 0.509 e. The Balaban J connectivity index is 4.99. The number of carbonyl (C=O) groups is 4. The van der Waals surface area contributed by atoms with E-state index in [1.807, 2.05) is 19.0 Å². The number of carboxylic acids is 2. The summed E-state index contributed by atoms with van der Waals surface area (Å²) in [5, 5.41) is 17.5. The minimum atomic E-state index is -0.949. The zero-order valence-corrected chi connectivity index (χ0v) is 44.7. The Labute approximate surface area is 422 Å². The standard InChI is InChI=1S/C59H105NO9/c1-4-5-6-7-8-9-28-33-38-43-49-55(69-59(66)67-53-46-52-60(2)3)58(65)68-54(47-41-36-31-26-22-18-14-10-12-16-20-24-29-34-39-44-50-56(61)62)48-42-37-32-27-23-19-15-11-13-17-21-25-30-35-40-45-51-57(63)64/h12-19,54-55H,4-11,20-53H2,1-3H3,(H,61,62)(H,63,64)/b16-12-,17-13?,18-14?,19-15?. The number of esters is 1. The molecule has 0 amide bonds. The van der Waals surface area contributed by atoms with Crippen LogP contribution in [-0.4, -0.2) is 78.6 Å². The highest BCUT2D eigenvalue weighted by Gasteiger charge is 2.27. The van der Waals surface area contributed by atoms with Gasteiger partial charge in [-0.25, -0.2) is 9.59 Å². The summed E-state index contributed by atoms with van der Waals surface area (Å²) in [6.45, 7) is 3.30. The number of ether oxygens (including phenoxy) is 3. The topological polar surface area (TPSA) is 140 Å². The van der Waals surface area contributed by atoms with Crippen LogP contribution in [0.3, 0.4) is 0 Å². The monoisotopic (exact) mass is 972 g/mol. The van der Waals surface area contributed by atoms with Crippen LogP contribution < -0.4 is 0 Å². The third kappa shape index (κ3) is 52.3. The van der Waals surface area contributed by atoms with Crippen LogP contribution in [0.25, 0.3) is 0 Å². The molecule has 10 heteroatoms. The van der Waals surface area contributed by atoms with Crippen LogP contribution in [0.5, 0.6) is 0 Å². The molecule has 69 heavy (non-hydrogen) atoms. The molecule has 400 valence electrons. The highest BCUT2D eigenvalue weighted by molar-refractivity contribution is 5.77. The van der Waals surface area contributed by atoms with Crippen molar-refractivity contribution in [3.63, 3.8) is 0 Å². The third-order valence-electron chi connectivity index (χ3n) is 12.6. The molecule has 0 aliphatic carbocycles. The van der Waals surface area contributed by atoms with Crippen LogP contribution in [0.15, 0.2) is 48.6 Å². The van der Waals surface area contributed by atoms with Gasteiger partial charge >= 0.3 is 24.1 Å². The molecular weight excluding hydrogens is 867 g/mol. The second kappa shape index (κ2) is 52.4. The van der Waals surface area contributed by atoms with Crippen molar-refractivity contribution < 1.29 is 43.6 Å². The molecule has 0 fully saturated rings. The summed E-state index contributed by atoms with van der Waals surface area (Å²) in [7, 11) is 3.96. The molecule has 0 aliphatic rings. The number of carbonyl (C=O) groups excluding carboxylic acids is 2. The van der Waals surface area contributed by atoms with Crippen LogP contribution in [0.2, 0.25) is 0 Å². The number of hydrogen-bond donors (Lipinski definition) is 2. The lowest BCUT2D eigenvalue weighted by atomic mass is 10.0. The molecule has 2 atom stereocenters. The van der Waals surface area contributed by atoms with Gasteiger partial charge in [-0.2, -0.15) is 0 Å². The number of rotatable bonds is 52. The van der Waals surface area contributed by atoms with Gasteiger partial charge in [-0.1, -0.05) is 178 Å². The summed E-state index contributed by atoms with van der Waals surface area (Å²) in [4.78, 5) is 49.8. The number of aliphatic carboxylic acids is 2. The first-order valence-corrected chi connectivity index (χ1v) is 28.4. The number of nitrogens with zero attached hydrogens (tertiary/aromatic N) is 1. The van der Waals surface area contributed by atoms with E-state index < -0.39 is 30.2 Å². The average molecular weight is 972 g/mol. The maximum absolute atomic E-state index is 13.8. The summed E-state index contributed by atoms with van der Waals surface area (Å²) >= 11 is 0. The molecule has 10 nitrogen and oxygen atoms in total. The minimum Gasteiger partial charge on any atom is -0.481 e. The van der Waals surface area contributed by atoms with Gasteiger partial charge in [0.2, 0.25) is 6.10 Å². The summed E-state index contributed by atoms with van der Waals surface area (Å²) < 4.78 is 17.3. The molecule has 0 aromatic heterocycles. The maximum atomic E-state index is 13.8. The largest absolute Gasteiger partial charge is 0.509 e. The Morgan fingerprint density at radius 2 is 0.797 bits per heavy atom. The van der Waals surface area contributed by atoms with Crippen molar-refractivity contribution in [2.75, 3.05) is 27.2 Å². The number of allylic oxidation sites excluding steroid dienone is 8. The van der Waals surface area contributed by atoms with E-state index >= 15 is 0 Å². The normalized spacial score (nSPS) is 12.8. The molecule has 0 bridgehead atoms. The molecular formula is C59H105NO9. The number of hydrogen-bond acceptors (Lipinski definition) is 8. The lowest BCUT2D eigenvalue weighted by Gasteiger charge is -2.22. The van der Waals surface area contributed by atoms with Gasteiger partial charge in [-0.05, 0) is 136 Å². The molecule has 0 heterocycles. The quantitative estimate of drug-likeness (QED) is 0.0344. The smallest absolute Gasteiger partial charge is 0.481 e. The highest BCUT2D eigenvalue weighted by atomic mass is 16.7. The predicted octanol–water partition coefficient (Wildman–Crippen LogP) is 17.0. The molecule has 2 N–H and O–H groups in total. The van der Waals surface area contributed by atoms with Gasteiger partial charge in [0.1, 0.15) is 6.10 Å². The van der Waals surface area contributed by atoms with E-state index in [0.717, 1.165) is 193 Å². The SMILES string of the molecule is CCCCCCCCCCCCC(OC(=O)OCCCN(C)C)C(=O)OC(CCCCCCC=CCC=CCCCCCCCC(=O)O)CCCCCCC=CC/C=C\CCCCCCCC(=O)O. The lowest BCUT2D eigenvalue weighted by molar-refractivity contribution is -0.162. The van der Waals surface area contributed by atoms with Crippen LogP contribution in [0.4, 0.5) is 4.79 Å². The van der Waals surface area contributed by atoms with Crippen molar-refractivity contribution >= 4 is 24.1 Å².